The highest BCUT2D eigenvalue weighted by molar-refractivity contribution is 7.80. The second-order valence-corrected chi connectivity index (χ2v) is 8.04. The van der Waals surface area contributed by atoms with Gasteiger partial charge < -0.3 is 10.6 Å². The van der Waals surface area contributed by atoms with E-state index in [1.54, 1.807) is 29.2 Å². The molecule has 0 bridgehead atoms. The Hall–Kier alpha value is -3.24. The molecule has 32 heavy (non-hydrogen) atoms. The zero-order chi connectivity index (χ0) is 22.7. The number of aromatic nitrogens is 6. The first-order valence-corrected chi connectivity index (χ1v) is 10.8. The molecule has 1 aromatic carbocycles. The van der Waals surface area contributed by atoms with Crippen molar-refractivity contribution in [2.75, 3.05) is 10.6 Å². The first-order valence-electron chi connectivity index (χ1n) is 10.0. The maximum atomic E-state index is 13.1. The minimum Gasteiger partial charge on any atom is -0.330 e. The van der Waals surface area contributed by atoms with Gasteiger partial charge >= 0.3 is 0 Å². The van der Waals surface area contributed by atoms with Gasteiger partial charge in [0.05, 0.1) is 31.2 Å². The van der Waals surface area contributed by atoms with Crippen LogP contribution in [0, 0.1) is 12.7 Å². The van der Waals surface area contributed by atoms with Crippen LogP contribution in [0.3, 0.4) is 0 Å². The van der Waals surface area contributed by atoms with Gasteiger partial charge in [0.1, 0.15) is 10.8 Å². The molecule has 0 radical (unpaired) electrons. The maximum absolute atomic E-state index is 13.1. The number of benzene rings is 1. The minimum atomic E-state index is -0.277. The Labute approximate surface area is 195 Å². The van der Waals surface area contributed by atoms with E-state index in [0.29, 0.717) is 29.0 Å². The summed E-state index contributed by atoms with van der Waals surface area (Å²) in [7, 11) is 0. The standard InChI is InChI=1S/C21H22ClFN8S/c1-3-31-14(2)16(8-25-31)11-29-12-18(9-24-29)26-21(32)27-20-19(22)13-30(28-20)10-15-4-6-17(23)7-5-15/h4-9,12-13H,3,10-11H2,1-2H3,(H2,26,27,28,32). The van der Waals surface area contributed by atoms with Gasteiger partial charge in [-0.25, -0.2) is 4.39 Å². The molecule has 4 rings (SSSR count). The van der Waals surface area contributed by atoms with Crippen molar-refractivity contribution in [2.24, 2.45) is 0 Å². The van der Waals surface area contributed by atoms with Crippen LogP contribution in [0.15, 0.2) is 49.1 Å². The number of hydrogen-bond donors (Lipinski definition) is 2. The van der Waals surface area contributed by atoms with Crippen molar-refractivity contribution in [1.29, 1.82) is 0 Å². The Morgan fingerprint density at radius 3 is 2.56 bits per heavy atom. The Balaban J connectivity index is 1.35. The van der Waals surface area contributed by atoms with Crippen molar-refractivity contribution in [2.45, 2.75) is 33.5 Å². The molecule has 0 fully saturated rings. The Morgan fingerprint density at radius 2 is 1.84 bits per heavy atom. The fourth-order valence-corrected chi connectivity index (χ4v) is 3.67. The molecule has 0 aliphatic heterocycles. The summed E-state index contributed by atoms with van der Waals surface area (Å²) in [5.74, 6) is 0.154. The third kappa shape index (κ3) is 5.14. The summed E-state index contributed by atoms with van der Waals surface area (Å²) in [5.41, 5.74) is 3.89. The van der Waals surface area contributed by atoms with Crippen LogP contribution in [-0.4, -0.2) is 34.5 Å². The average molecular weight is 473 g/mol. The second kappa shape index (κ2) is 9.49. The maximum Gasteiger partial charge on any atom is 0.176 e. The van der Waals surface area contributed by atoms with E-state index in [1.807, 2.05) is 28.7 Å². The fourth-order valence-electron chi connectivity index (χ4n) is 3.26. The van der Waals surface area contributed by atoms with Crippen LogP contribution in [0.5, 0.6) is 0 Å². The van der Waals surface area contributed by atoms with Crippen LogP contribution in [0.25, 0.3) is 0 Å². The molecule has 0 saturated carbocycles. The number of hydrogen-bond acceptors (Lipinski definition) is 4. The Kier molecular flexibility index (Phi) is 6.52. The predicted octanol–water partition coefficient (Wildman–Crippen LogP) is 4.30. The summed E-state index contributed by atoms with van der Waals surface area (Å²) in [6, 6.07) is 6.24. The highest BCUT2D eigenvalue weighted by atomic mass is 35.5. The van der Waals surface area contributed by atoms with Gasteiger partial charge in [0.2, 0.25) is 0 Å². The summed E-state index contributed by atoms with van der Waals surface area (Å²) < 4.78 is 18.5. The highest BCUT2D eigenvalue weighted by Crippen LogP contribution is 2.21. The van der Waals surface area contributed by atoms with E-state index in [9.17, 15) is 4.39 Å². The van der Waals surface area contributed by atoms with Crippen LogP contribution in [0.2, 0.25) is 5.02 Å². The van der Waals surface area contributed by atoms with Crippen molar-refractivity contribution in [3.05, 3.63) is 76.7 Å². The van der Waals surface area contributed by atoms with Gasteiger partial charge in [0, 0.05) is 30.2 Å². The van der Waals surface area contributed by atoms with Gasteiger partial charge in [0.25, 0.3) is 0 Å². The molecule has 166 valence electrons. The van der Waals surface area contributed by atoms with Crippen molar-refractivity contribution in [3.63, 3.8) is 0 Å². The molecule has 11 heteroatoms. The summed E-state index contributed by atoms with van der Waals surface area (Å²) in [6.45, 7) is 6.02. The van der Waals surface area contributed by atoms with Crippen molar-refractivity contribution in [1.82, 2.24) is 29.3 Å². The van der Waals surface area contributed by atoms with Crippen LogP contribution in [0.4, 0.5) is 15.9 Å². The third-order valence-electron chi connectivity index (χ3n) is 4.93. The van der Waals surface area contributed by atoms with Gasteiger partial charge in [-0.1, -0.05) is 23.7 Å². The van der Waals surface area contributed by atoms with E-state index in [-0.39, 0.29) is 5.82 Å². The molecule has 0 aliphatic rings. The van der Waals surface area contributed by atoms with E-state index in [4.69, 9.17) is 23.8 Å². The van der Waals surface area contributed by atoms with Gasteiger partial charge in [-0.05, 0) is 43.8 Å². The molecule has 2 N–H and O–H groups in total. The molecule has 0 saturated heterocycles. The smallest absolute Gasteiger partial charge is 0.176 e. The lowest BCUT2D eigenvalue weighted by atomic mass is 10.2. The van der Waals surface area contributed by atoms with Gasteiger partial charge in [-0.3, -0.25) is 14.0 Å². The molecule has 0 aliphatic carbocycles. The molecular weight excluding hydrogens is 451 g/mol. The number of anilines is 2. The van der Waals surface area contributed by atoms with E-state index < -0.39 is 0 Å². The number of rotatable bonds is 7. The molecule has 8 nitrogen and oxygen atoms in total. The molecule has 0 unspecified atom stereocenters. The first-order chi connectivity index (χ1) is 15.4. The quantitative estimate of drug-likeness (QED) is 0.390. The summed E-state index contributed by atoms with van der Waals surface area (Å²) >= 11 is 11.7. The molecule has 4 aromatic rings. The largest absolute Gasteiger partial charge is 0.330 e. The van der Waals surface area contributed by atoms with Crippen molar-refractivity contribution >= 4 is 40.4 Å². The number of aryl methyl sites for hydroxylation is 1. The molecular formula is C21H22ClFN8S. The summed E-state index contributed by atoms with van der Waals surface area (Å²) in [4.78, 5) is 0. The van der Waals surface area contributed by atoms with Gasteiger partial charge in [-0.15, -0.1) is 0 Å². The lowest BCUT2D eigenvalue weighted by Crippen LogP contribution is -2.19. The van der Waals surface area contributed by atoms with Crippen molar-refractivity contribution in [3.8, 4) is 0 Å². The monoisotopic (exact) mass is 472 g/mol. The molecule has 0 spiro atoms. The van der Waals surface area contributed by atoms with Gasteiger partial charge in [0.15, 0.2) is 10.9 Å². The lowest BCUT2D eigenvalue weighted by molar-refractivity contribution is 0.624. The normalized spacial score (nSPS) is 11.0. The van der Waals surface area contributed by atoms with Crippen LogP contribution in [0.1, 0.15) is 23.7 Å². The highest BCUT2D eigenvalue weighted by Gasteiger charge is 2.11. The predicted molar refractivity (Wildman–Crippen MR) is 127 cm³/mol. The van der Waals surface area contributed by atoms with E-state index in [0.717, 1.165) is 29.1 Å². The molecule has 3 heterocycles. The topological polar surface area (TPSA) is 77.5 Å². The lowest BCUT2D eigenvalue weighted by Gasteiger charge is -2.07. The van der Waals surface area contributed by atoms with Crippen LogP contribution >= 0.6 is 23.8 Å². The van der Waals surface area contributed by atoms with E-state index in [2.05, 4.69) is 32.9 Å². The zero-order valence-corrected chi connectivity index (χ0v) is 19.2. The number of nitrogens with zero attached hydrogens (tertiary/aromatic N) is 6. The summed E-state index contributed by atoms with van der Waals surface area (Å²) in [5, 5.41) is 20.0. The van der Waals surface area contributed by atoms with E-state index >= 15 is 0 Å². The SMILES string of the molecule is CCn1ncc(Cn2cc(NC(=S)Nc3nn(Cc4ccc(F)cc4)cc3Cl)cn2)c1C. The average Bonchev–Trinajstić information content (AvgIpc) is 3.44. The Bertz CT molecular complexity index is 1230. The van der Waals surface area contributed by atoms with Crippen LogP contribution in [-0.2, 0) is 19.6 Å². The Morgan fingerprint density at radius 1 is 1.06 bits per heavy atom. The van der Waals surface area contributed by atoms with Gasteiger partial charge in [-0.2, -0.15) is 15.3 Å². The summed E-state index contributed by atoms with van der Waals surface area (Å²) in [6.07, 6.45) is 7.12. The number of nitrogens with one attached hydrogen (secondary N) is 2. The fraction of sp³-hybridized carbons (Fsp3) is 0.238. The minimum absolute atomic E-state index is 0.277. The molecule has 0 atom stereocenters. The van der Waals surface area contributed by atoms with Crippen molar-refractivity contribution < 1.29 is 4.39 Å². The van der Waals surface area contributed by atoms with Crippen LogP contribution < -0.4 is 10.6 Å². The first kappa shape index (κ1) is 22.0. The third-order valence-corrected chi connectivity index (χ3v) is 5.42. The molecule has 3 aromatic heterocycles. The number of halogens is 2. The zero-order valence-electron chi connectivity index (χ0n) is 17.6. The number of thiocarbonyl (C=S) groups is 1. The molecule has 0 amide bonds. The van der Waals surface area contributed by atoms with E-state index in [1.165, 1.54) is 12.1 Å². The second-order valence-electron chi connectivity index (χ2n) is 7.23.